The molecule has 1 heterocycles. The van der Waals surface area contributed by atoms with Crippen LogP contribution in [-0.4, -0.2) is 0 Å². The molecule has 0 radical (unpaired) electrons. The van der Waals surface area contributed by atoms with E-state index in [0.29, 0.717) is 0 Å². The van der Waals surface area contributed by atoms with Gasteiger partial charge in [-0.05, 0) is 42.3 Å². The van der Waals surface area contributed by atoms with Crippen LogP contribution in [0.15, 0.2) is 66.7 Å². The molecule has 0 saturated heterocycles. The fourth-order valence-electron chi connectivity index (χ4n) is 2.17. The molecule has 0 atom stereocenters. The lowest BCUT2D eigenvalue weighted by Gasteiger charge is -2.05. The summed E-state index contributed by atoms with van der Waals surface area (Å²) in [7, 11) is 0. The summed E-state index contributed by atoms with van der Waals surface area (Å²) in [6.07, 6.45) is 0. The van der Waals surface area contributed by atoms with Crippen molar-refractivity contribution in [1.29, 1.82) is 0 Å². The minimum atomic E-state index is 0.876. The van der Waals surface area contributed by atoms with Gasteiger partial charge in [-0.2, -0.15) is 0 Å². The molecule has 0 amide bonds. The van der Waals surface area contributed by atoms with E-state index in [1.54, 1.807) is 0 Å². The summed E-state index contributed by atoms with van der Waals surface area (Å²) in [5.41, 5.74) is 3.75. The summed E-state index contributed by atoms with van der Waals surface area (Å²) in [6, 6.07) is 23.4. The van der Waals surface area contributed by atoms with Gasteiger partial charge in [-0.1, -0.05) is 42.5 Å². The highest BCUT2D eigenvalue weighted by Gasteiger charge is 2.02. The van der Waals surface area contributed by atoms with Gasteiger partial charge in [0.25, 0.3) is 0 Å². The van der Waals surface area contributed by atoms with E-state index in [9.17, 15) is 0 Å². The lowest BCUT2D eigenvalue weighted by Crippen LogP contribution is -1.96. The highest BCUT2D eigenvalue weighted by atomic mass is 32.1. The highest BCUT2D eigenvalue weighted by molar-refractivity contribution is 7.15. The molecular formula is C18H17NS. The number of nitrogens with one attached hydrogen (secondary N) is 1. The summed E-state index contributed by atoms with van der Waals surface area (Å²) in [5, 5.41) is 3.48. The average Bonchev–Trinajstić information content (AvgIpc) is 2.95. The zero-order valence-corrected chi connectivity index (χ0v) is 12.3. The summed E-state index contributed by atoms with van der Waals surface area (Å²) in [5.74, 6) is 0. The first-order chi connectivity index (χ1) is 9.81. The molecule has 0 fully saturated rings. The van der Waals surface area contributed by atoms with E-state index >= 15 is 0 Å². The monoisotopic (exact) mass is 279 g/mol. The smallest absolute Gasteiger partial charge is 0.0494 e. The Morgan fingerprint density at radius 2 is 1.75 bits per heavy atom. The van der Waals surface area contributed by atoms with Crippen molar-refractivity contribution in [3.63, 3.8) is 0 Å². The van der Waals surface area contributed by atoms with Gasteiger partial charge in [-0.3, -0.25) is 0 Å². The number of anilines is 1. The maximum absolute atomic E-state index is 3.48. The second kappa shape index (κ2) is 5.93. The lowest BCUT2D eigenvalue weighted by molar-refractivity contribution is 1.19. The number of thiophene rings is 1. The van der Waals surface area contributed by atoms with E-state index in [0.717, 1.165) is 6.54 Å². The van der Waals surface area contributed by atoms with Crippen molar-refractivity contribution < 1.29 is 0 Å². The van der Waals surface area contributed by atoms with Crippen LogP contribution >= 0.6 is 11.3 Å². The molecule has 1 N–H and O–H groups in total. The van der Waals surface area contributed by atoms with Gasteiger partial charge in [0.05, 0.1) is 0 Å². The van der Waals surface area contributed by atoms with Crippen LogP contribution in [0, 0.1) is 6.92 Å². The van der Waals surface area contributed by atoms with Crippen LogP contribution in [-0.2, 0) is 6.54 Å². The van der Waals surface area contributed by atoms with Crippen molar-refractivity contribution in [2.24, 2.45) is 0 Å². The predicted molar refractivity (Wildman–Crippen MR) is 88.3 cm³/mol. The zero-order valence-electron chi connectivity index (χ0n) is 11.5. The molecular weight excluding hydrogens is 262 g/mol. The number of aryl methyl sites for hydroxylation is 1. The number of benzene rings is 2. The molecule has 0 saturated carbocycles. The van der Waals surface area contributed by atoms with Crippen molar-refractivity contribution in [1.82, 2.24) is 0 Å². The van der Waals surface area contributed by atoms with E-state index < -0.39 is 0 Å². The predicted octanol–water partition coefficient (Wildman–Crippen LogP) is 5.34. The number of hydrogen-bond donors (Lipinski definition) is 1. The van der Waals surface area contributed by atoms with Crippen LogP contribution in [0.3, 0.4) is 0 Å². The number of rotatable bonds is 4. The Morgan fingerprint density at radius 3 is 2.55 bits per heavy atom. The van der Waals surface area contributed by atoms with E-state index in [2.05, 4.69) is 79.0 Å². The fourth-order valence-corrected chi connectivity index (χ4v) is 3.13. The van der Waals surface area contributed by atoms with Crippen molar-refractivity contribution in [3.05, 3.63) is 77.2 Å². The Labute approximate surface area is 123 Å². The molecule has 3 rings (SSSR count). The van der Waals surface area contributed by atoms with Gasteiger partial charge in [0.15, 0.2) is 0 Å². The van der Waals surface area contributed by atoms with Crippen LogP contribution < -0.4 is 5.32 Å². The number of hydrogen-bond acceptors (Lipinski definition) is 2. The van der Waals surface area contributed by atoms with Crippen LogP contribution in [0.25, 0.3) is 10.4 Å². The van der Waals surface area contributed by atoms with Gasteiger partial charge >= 0.3 is 0 Å². The first-order valence-corrected chi connectivity index (χ1v) is 7.57. The van der Waals surface area contributed by atoms with Gasteiger partial charge in [-0.25, -0.2) is 0 Å². The Bertz CT molecular complexity index is 685. The van der Waals surface area contributed by atoms with Crippen molar-refractivity contribution >= 4 is 17.0 Å². The molecule has 0 spiro atoms. The largest absolute Gasteiger partial charge is 0.380 e. The molecule has 2 heteroatoms. The summed E-state index contributed by atoms with van der Waals surface area (Å²) < 4.78 is 0. The first-order valence-electron chi connectivity index (χ1n) is 6.76. The zero-order chi connectivity index (χ0) is 13.8. The minimum Gasteiger partial charge on any atom is -0.380 e. The third-order valence-corrected chi connectivity index (χ3v) is 4.34. The lowest BCUT2D eigenvalue weighted by atomic mass is 10.2. The molecule has 2 aromatic carbocycles. The van der Waals surface area contributed by atoms with Crippen molar-refractivity contribution in [2.45, 2.75) is 13.5 Å². The topological polar surface area (TPSA) is 12.0 Å². The van der Waals surface area contributed by atoms with Gasteiger partial charge in [0.1, 0.15) is 0 Å². The SMILES string of the molecule is Cc1cccc(NCc2ccc(-c3ccccc3)s2)c1. The Morgan fingerprint density at radius 1 is 0.900 bits per heavy atom. The Kier molecular flexibility index (Phi) is 3.84. The molecule has 3 aromatic rings. The van der Waals surface area contributed by atoms with E-state index in [-0.39, 0.29) is 0 Å². The third kappa shape index (κ3) is 3.09. The Hall–Kier alpha value is -2.06. The van der Waals surface area contributed by atoms with E-state index in [4.69, 9.17) is 0 Å². The van der Waals surface area contributed by atoms with E-state index in [1.807, 2.05) is 11.3 Å². The van der Waals surface area contributed by atoms with Crippen molar-refractivity contribution in [2.75, 3.05) is 5.32 Å². The maximum Gasteiger partial charge on any atom is 0.0494 e. The molecule has 1 aromatic heterocycles. The molecule has 0 aliphatic heterocycles. The molecule has 0 aliphatic rings. The summed E-state index contributed by atoms with van der Waals surface area (Å²) in [4.78, 5) is 2.68. The summed E-state index contributed by atoms with van der Waals surface area (Å²) in [6.45, 7) is 2.99. The molecule has 100 valence electrons. The van der Waals surface area contributed by atoms with Crippen molar-refractivity contribution in [3.8, 4) is 10.4 Å². The molecule has 0 unspecified atom stereocenters. The van der Waals surface area contributed by atoms with Gasteiger partial charge in [0, 0.05) is 22.0 Å². The maximum atomic E-state index is 3.48. The molecule has 1 nitrogen and oxygen atoms in total. The second-order valence-electron chi connectivity index (χ2n) is 4.86. The fraction of sp³-hybridized carbons (Fsp3) is 0.111. The first kappa shape index (κ1) is 12.9. The standard InChI is InChI=1S/C18H17NS/c1-14-6-5-9-16(12-14)19-13-17-10-11-18(20-17)15-7-3-2-4-8-15/h2-12,19H,13H2,1H3. The van der Waals surface area contributed by atoms with Gasteiger partial charge in [0.2, 0.25) is 0 Å². The van der Waals surface area contributed by atoms with Crippen LogP contribution in [0.1, 0.15) is 10.4 Å². The van der Waals surface area contributed by atoms with Crippen LogP contribution in [0.2, 0.25) is 0 Å². The quantitative estimate of drug-likeness (QED) is 0.680. The van der Waals surface area contributed by atoms with Crippen LogP contribution in [0.4, 0.5) is 5.69 Å². The van der Waals surface area contributed by atoms with Gasteiger partial charge in [-0.15, -0.1) is 11.3 Å². The summed E-state index contributed by atoms with van der Waals surface area (Å²) >= 11 is 1.85. The Balaban J connectivity index is 1.69. The highest BCUT2D eigenvalue weighted by Crippen LogP contribution is 2.28. The normalized spacial score (nSPS) is 10.4. The minimum absolute atomic E-state index is 0.876. The third-order valence-electron chi connectivity index (χ3n) is 3.20. The molecule has 0 aliphatic carbocycles. The molecule has 0 bridgehead atoms. The second-order valence-corrected chi connectivity index (χ2v) is 6.02. The molecule has 20 heavy (non-hydrogen) atoms. The van der Waals surface area contributed by atoms with Gasteiger partial charge < -0.3 is 5.32 Å². The van der Waals surface area contributed by atoms with Crippen LogP contribution in [0.5, 0.6) is 0 Å². The average molecular weight is 279 g/mol. The van der Waals surface area contributed by atoms with E-state index in [1.165, 1.54) is 26.6 Å².